The van der Waals surface area contributed by atoms with Gasteiger partial charge in [-0.1, -0.05) is 26.0 Å². The molecule has 1 aliphatic rings. The average Bonchev–Trinajstić information content (AvgIpc) is 2.53. The average molecular weight is 350 g/mol. The van der Waals surface area contributed by atoms with Crippen LogP contribution in [0.3, 0.4) is 0 Å². The second kappa shape index (κ2) is 9.54. The molecule has 1 aliphatic heterocycles. The van der Waals surface area contributed by atoms with E-state index >= 15 is 0 Å². The monoisotopic (exact) mass is 350 g/mol. The van der Waals surface area contributed by atoms with Crippen molar-refractivity contribution in [2.45, 2.75) is 30.4 Å². The van der Waals surface area contributed by atoms with Crippen LogP contribution in [0.25, 0.3) is 0 Å². The van der Waals surface area contributed by atoms with Gasteiger partial charge in [0.15, 0.2) is 0 Å². The van der Waals surface area contributed by atoms with E-state index in [0.717, 1.165) is 30.1 Å². The largest absolute Gasteiger partial charge is 0.354 e. The number of rotatable bonds is 7. The number of hydrogen-bond acceptors (Lipinski definition) is 4. The van der Waals surface area contributed by atoms with E-state index < -0.39 is 0 Å². The second-order valence-electron chi connectivity index (χ2n) is 6.02. The molecule has 132 valence electrons. The Hall–Kier alpha value is -1.73. The van der Waals surface area contributed by atoms with Crippen LogP contribution in [0.1, 0.15) is 20.3 Å². The third-order valence-corrected chi connectivity index (χ3v) is 4.63. The van der Waals surface area contributed by atoms with Crippen LogP contribution in [0.15, 0.2) is 29.2 Å². The Morgan fingerprint density at radius 1 is 1.38 bits per heavy atom. The van der Waals surface area contributed by atoms with Gasteiger partial charge in [-0.15, -0.1) is 11.8 Å². The van der Waals surface area contributed by atoms with Gasteiger partial charge in [0.05, 0.1) is 12.2 Å². The number of para-hydroxylation sites is 1. The fraction of sp³-hybridized carbons (Fsp3) is 0.529. The minimum Gasteiger partial charge on any atom is -0.354 e. The first-order chi connectivity index (χ1) is 11.5. The lowest BCUT2D eigenvalue weighted by molar-refractivity contribution is -0.124. The third kappa shape index (κ3) is 6.41. The van der Waals surface area contributed by atoms with E-state index in [1.54, 1.807) is 11.8 Å². The summed E-state index contributed by atoms with van der Waals surface area (Å²) in [5.74, 6) is 0.0752. The minimum atomic E-state index is -0.191. The van der Waals surface area contributed by atoms with Crippen LogP contribution >= 0.6 is 11.8 Å². The third-order valence-electron chi connectivity index (χ3n) is 3.55. The number of piperazine rings is 1. The normalized spacial score (nSPS) is 15.2. The van der Waals surface area contributed by atoms with E-state index in [4.69, 9.17) is 0 Å². The maximum atomic E-state index is 12.0. The van der Waals surface area contributed by atoms with E-state index in [1.807, 2.05) is 24.3 Å². The lowest BCUT2D eigenvalue weighted by Crippen LogP contribution is -2.48. The van der Waals surface area contributed by atoms with Gasteiger partial charge in [0.25, 0.3) is 0 Å². The predicted octanol–water partition coefficient (Wildman–Crippen LogP) is 2.13. The molecule has 0 bridgehead atoms. The summed E-state index contributed by atoms with van der Waals surface area (Å²) in [5, 5.41) is 9.05. The molecule has 3 N–H and O–H groups in total. The van der Waals surface area contributed by atoms with Crippen LogP contribution in [-0.2, 0) is 4.79 Å². The second-order valence-corrected chi connectivity index (χ2v) is 7.64. The van der Waals surface area contributed by atoms with Crippen LogP contribution in [0.5, 0.6) is 0 Å². The number of anilines is 1. The van der Waals surface area contributed by atoms with Gasteiger partial charge in [-0.3, -0.25) is 9.69 Å². The summed E-state index contributed by atoms with van der Waals surface area (Å²) in [6.07, 6.45) is 0.823. The predicted molar refractivity (Wildman–Crippen MR) is 98.5 cm³/mol. The molecular weight excluding hydrogens is 324 g/mol. The Bertz CT molecular complexity index is 565. The first-order valence-electron chi connectivity index (χ1n) is 8.34. The molecule has 0 aromatic heterocycles. The molecular formula is C17H26N4O2S. The van der Waals surface area contributed by atoms with Crippen molar-refractivity contribution in [3.05, 3.63) is 24.3 Å². The summed E-state index contributed by atoms with van der Waals surface area (Å²) in [6.45, 7) is 7.68. The van der Waals surface area contributed by atoms with Crippen molar-refractivity contribution in [2.24, 2.45) is 0 Å². The van der Waals surface area contributed by atoms with Gasteiger partial charge in [-0.25, -0.2) is 4.79 Å². The molecule has 1 saturated heterocycles. The van der Waals surface area contributed by atoms with Gasteiger partial charge >= 0.3 is 6.03 Å². The molecule has 1 fully saturated rings. The van der Waals surface area contributed by atoms with Crippen LogP contribution in [0.4, 0.5) is 10.5 Å². The summed E-state index contributed by atoms with van der Waals surface area (Å²) >= 11 is 1.73. The molecule has 1 aromatic carbocycles. The molecule has 0 saturated carbocycles. The molecule has 3 amide bonds. The van der Waals surface area contributed by atoms with Crippen LogP contribution in [0.2, 0.25) is 0 Å². The molecule has 6 nitrogen and oxygen atoms in total. The summed E-state index contributed by atoms with van der Waals surface area (Å²) in [4.78, 5) is 26.5. The van der Waals surface area contributed by atoms with Crippen molar-refractivity contribution >= 4 is 29.4 Å². The van der Waals surface area contributed by atoms with E-state index in [9.17, 15) is 9.59 Å². The van der Waals surface area contributed by atoms with Crippen molar-refractivity contribution in [1.82, 2.24) is 15.5 Å². The number of nitrogens with one attached hydrogen (secondary N) is 3. The minimum absolute atomic E-state index is 0.0752. The van der Waals surface area contributed by atoms with Gasteiger partial charge in [0.1, 0.15) is 0 Å². The highest BCUT2D eigenvalue weighted by molar-refractivity contribution is 8.00. The number of hydrogen-bond donors (Lipinski definition) is 3. The molecule has 0 atom stereocenters. The zero-order valence-corrected chi connectivity index (χ0v) is 15.1. The van der Waals surface area contributed by atoms with E-state index in [-0.39, 0.29) is 11.9 Å². The van der Waals surface area contributed by atoms with Gasteiger partial charge < -0.3 is 16.0 Å². The Balaban J connectivity index is 1.71. The summed E-state index contributed by atoms with van der Waals surface area (Å²) in [7, 11) is 0. The fourth-order valence-electron chi connectivity index (χ4n) is 2.48. The number of urea groups is 1. The smallest absolute Gasteiger partial charge is 0.319 e. The summed E-state index contributed by atoms with van der Waals surface area (Å²) in [6, 6.07) is 7.63. The summed E-state index contributed by atoms with van der Waals surface area (Å²) < 4.78 is 0. The quantitative estimate of drug-likeness (QED) is 0.520. The topological polar surface area (TPSA) is 73.5 Å². The summed E-state index contributed by atoms with van der Waals surface area (Å²) in [5.41, 5.74) is 0.835. The number of amides is 3. The van der Waals surface area contributed by atoms with Crippen molar-refractivity contribution in [3.63, 3.8) is 0 Å². The maximum Gasteiger partial charge on any atom is 0.319 e. The molecule has 1 aromatic rings. The zero-order valence-electron chi connectivity index (χ0n) is 14.3. The van der Waals surface area contributed by atoms with Crippen molar-refractivity contribution < 1.29 is 9.59 Å². The molecule has 2 rings (SSSR count). The molecule has 0 unspecified atom stereocenters. The molecule has 0 radical (unpaired) electrons. The number of benzene rings is 1. The fourth-order valence-corrected chi connectivity index (χ4v) is 3.39. The number of carbonyl (C=O) groups is 2. The van der Waals surface area contributed by atoms with E-state index in [0.29, 0.717) is 24.9 Å². The van der Waals surface area contributed by atoms with Crippen molar-refractivity contribution in [1.29, 1.82) is 0 Å². The van der Waals surface area contributed by atoms with Gasteiger partial charge in [0.2, 0.25) is 5.91 Å². The van der Waals surface area contributed by atoms with Crippen molar-refractivity contribution in [3.8, 4) is 0 Å². The Morgan fingerprint density at radius 3 is 2.92 bits per heavy atom. The molecule has 0 spiro atoms. The van der Waals surface area contributed by atoms with Crippen LogP contribution in [0, 0.1) is 0 Å². The molecule has 0 aliphatic carbocycles. The highest BCUT2D eigenvalue weighted by Gasteiger charge is 2.15. The Kier molecular flexibility index (Phi) is 7.39. The highest BCUT2D eigenvalue weighted by Crippen LogP contribution is 2.29. The maximum absolute atomic E-state index is 12.0. The Morgan fingerprint density at radius 2 is 2.17 bits per heavy atom. The van der Waals surface area contributed by atoms with Gasteiger partial charge in [-0.2, -0.15) is 0 Å². The van der Waals surface area contributed by atoms with Crippen LogP contribution < -0.4 is 16.0 Å². The molecule has 24 heavy (non-hydrogen) atoms. The van der Waals surface area contributed by atoms with Crippen LogP contribution in [-0.4, -0.2) is 54.8 Å². The SMILES string of the molecule is CC(C)Sc1ccccc1NC(=O)NCCCN1CCNC(=O)C1. The standard InChI is InChI=1S/C17H26N4O2S/c1-13(2)24-15-7-4-3-6-14(15)20-17(23)19-8-5-10-21-11-9-18-16(22)12-21/h3-4,6-7,13H,5,8-12H2,1-2H3,(H,18,22)(H2,19,20,23). The number of nitrogens with zero attached hydrogens (tertiary/aromatic N) is 1. The van der Waals surface area contributed by atoms with E-state index in [2.05, 4.69) is 34.7 Å². The molecule has 1 heterocycles. The first kappa shape index (κ1) is 18.6. The zero-order chi connectivity index (χ0) is 17.4. The van der Waals surface area contributed by atoms with E-state index in [1.165, 1.54) is 0 Å². The van der Waals surface area contributed by atoms with Gasteiger partial charge in [0, 0.05) is 36.3 Å². The lowest BCUT2D eigenvalue weighted by atomic mass is 10.3. The molecule has 7 heteroatoms. The lowest BCUT2D eigenvalue weighted by Gasteiger charge is -2.26. The van der Waals surface area contributed by atoms with Gasteiger partial charge in [-0.05, 0) is 18.6 Å². The Labute approximate surface area is 147 Å². The number of carbonyl (C=O) groups excluding carboxylic acids is 2. The van der Waals surface area contributed by atoms with Crippen molar-refractivity contribution in [2.75, 3.05) is 38.0 Å². The number of thioether (sulfide) groups is 1. The highest BCUT2D eigenvalue weighted by atomic mass is 32.2. The first-order valence-corrected chi connectivity index (χ1v) is 9.22.